The molecule has 0 atom stereocenters. The maximum atomic E-state index is 5.35. The van der Waals surface area contributed by atoms with Crippen molar-refractivity contribution in [3.63, 3.8) is 0 Å². The van der Waals surface area contributed by atoms with Crippen molar-refractivity contribution >= 4 is 23.4 Å². The second kappa shape index (κ2) is 5.25. The van der Waals surface area contributed by atoms with E-state index < -0.39 is 0 Å². The third-order valence-corrected chi connectivity index (χ3v) is 2.35. The molecule has 3 heteroatoms. The van der Waals surface area contributed by atoms with Gasteiger partial charge >= 0.3 is 0 Å². The molecule has 1 aliphatic rings. The van der Waals surface area contributed by atoms with Crippen molar-refractivity contribution in [2.24, 2.45) is 10.7 Å². The fourth-order valence-corrected chi connectivity index (χ4v) is 1.60. The summed E-state index contributed by atoms with van der Waals surface area (Å²) in [7, 11) is 0. The van der Waals surface area contributed by atoms with Crippen LogP contribution in [0.4, 0.5) is 0 Å². The number of hydrogen-bond donors (Lipinski definition) is 1. The Morgan fingerprint density at radius 1 is 1.42 bits per heavy atom. The van der Waals surface area contributed by atoms with Crippen LogP contribution in [-0.2, 0) is 0 Å². The number of nitrogens with two attached hydrogens (primary N) is 1. The molecule has 68 valence electrons. The highest BCUT2D eigenvalue weighted by Gasteiger charge is 2.10. The van der Waals surface area contributed by atoms with Crippen LogP contribution in [0.5, 0.6) is 0 Å². The fourth-order valence-electron chi connectivity index (χ4n) is 1.52. The van der Waals surface area contributed by atoms with Crippen molar-refractivity contribution in [1.29, 1.82) is 0 Å². The quantitative estimate of drug-likeness (QED) is 0.538. The molecule has 0 aromatic rings. The van der Waals surface area contributed by atoms with Gasteiger partial charge in [0.1, 0.15) is 0 Å². The van der Waals surface area contributed by atoms with Crippen molar-refractivity contribution in [3.05, 3.63) is 0 Å². The van der Waals surface area contributed by atoms with E-state index in [1.165, 1.54) is 32.1 Å². The Hall–Kier alpha value is -0.440. The Balaban J connectivity index is 2.19. The minimum Gasteiger partial charge on any atom is -0.393 e. The van der Waals surface area contributed by atoms with Gasteiger partial charge in [-0.3, -0.25) is 4.99 Å². The number of rotatable bonds is 3. The van der Waals surface area contributed by atoms with Crippen LogP contribution in [0.2, 0.25) is 0 Å². The Kier molecular flexibility index (Phi) is 4.22. The van der Waals surface area contributed by atoms with E-state index in [0.717, 1.165) is 0 Å². The Morgan fingerprint density at radius 2 is 2.08 bits per heavy atom. The van der Waals surface area contributed by atoms with Gasteiger partial charge < -0.3 is 5.73 Å². The smallest absolute Gasteiger partial charge is 0.0781 e. The van der Waals surface area contributed by atoms with Gasteiger partial charge in [-0.1, -0.05) is 31.5 Å². The maximum absolute atomic E-state index is 5.35. The lowest BCUT2D eigenvalue weighted by Gasteiger charge is -2.16. The summed E-state index contributed by atoms with van der Waals surface area (Å²) in [5.74, 6) is 0. The van der Waals surface area contributed by atoms with Crippen LogP contribution in [0.3, 0.4) is 0 Å². The lowest BCUT2D eigenvalue weighted by molar-refractivity contribution is 0.444. The molecule has 0 amide bonds. The van der Waals surface area contributed by atoms with Crippen molar-refractivity contribution in [3.8, 4) is 0 Å². The van der Waals surface area contributed by atoms with Gasteiger partial charge in [0, 0.05) is 18.7 Å². The maximum Gasteiger partial charge on any atom is 0.0781 e. The van der Waals surface area contributed by atoms with E-state index in [0.29, 0.717) is 17.5 Å². The first kappa shape index (κ1) is 9.65. The summed E-state index contributed by atoms with van der Waals surface area (Å²) in [6.45, 7) is 0. The molecule has 0 aromatic carbocycles. The summed E-state index contributed by atoms with van der Waals surface area (Å²) in [6, 6.07) is 0.549. The van der Waals surface area contributed by atoms with Gasteiger partial charge in [0.05, 0.1) is 4.99 Å². The van der Waals surface area contributed by atoms with Gasteiger partial charge in [-0.15, -0.1) is 0 Å². The molecule has 0 radical (unpaired) electrons. The zero-order valence-electron chi connectivity index (χ0n) is 7.33. The van der Waals surface area contributed by atoms with Crippen molar-refractivity contribution in [1.82, 2.24) is 0 Å². The molecule has 1 rings (SSSR count). The van der Waals surface area contributed by atoms with E-state index in [-0.39, 0.29) is 0 Å². The molecule has 1 aliphatic carbocycles. The molecule has 1 saturated carbocycles. The Labute approximate surface area is 79.2 Å². The summed E-state index contributed by atoms with van der Waals surface area (Å²) < 4.78 is 0. The number of thiocarbonyl (C=S) groups is 1. The normalized spacial score (nSPS) is 20.0. The van der Waals surface area contributed by atoms with E-state index in [1.807, 2.05) is 6.21 Å². The molecule has 0 saturated heterocycles. The highest BCUT2D eigenvalue weighted by Crippen LogP contribution is 2.19. The SMILES string of the molecule is NC(=S)CC=NC1CCCCC1. The van der Waals surface area contributed by atoms with E-state index in [9.17, 15) is 0 Å². The minimum absolute atomic E-state index is 0.537. The zero-order valence-corrected chi connectivity index (χ0v) is 8.15. The minimum atomic E-state index is 0.537. The predicted octanol–water partition coefficient (Wildman–Crippen LogP) is 2.07. The highest BCUT2D eigenvalue weighted by molar-refractivity contribution is 7.80. The van der Waals surface area contributed by atoms with Gasteiger partial charge in [0.25, 0.3) is 0 Å². The van der Waals surface area contributed by atoms with Crippen LogP contribution in [0, 0.1) is 0 Å². The average molecular weight is 184 g/mol. The van der Waals surface area contributed by atoms with Gasteiger partial charge in [-0.05, 0) is 12.8 Å². The lowest BCUT2D eigenvalue weighted by Crippen LogP contribution is -2.12. The second-order valence-electron chi connectivity index (χ2n) is 3.29. The molecule has 2 nitrogen and oxygen atoms in total. The van der Waals surface area contributed by atoms with E-state index in [2.05, 4.69) is 4.99 Å². The molecule has 0 unspecified atom stereocenters. The van der Waals surface area contributed by atoms with Crippen LogP contribution in [-0.4, -0.2) is 17.2 Å². The topological polar surface area (TPSA) is 38.4 Å². The van der Waals surface area contributed by atoms with E-state index in [1.54, 1.807) is 0 Å². The number of nitrogens with zero attached hydrogens (tertiary/aromatic N) is 1. The number of hydrogen-bond acceptors (Lipinski definition) is 2. The van der Waals surface area contributed by atoms with Gasteiger partial charge in [0.15, 0.2) is 0 Å². The van der Waals surface area contributed by atoms with Crippen LogP contribution in [0.25, 0.3) is 0 Å². The first-order valence-electron chi connectivity index (χ1n) is 4.59. The molecule has 0 heterocycles. The fraction of sp³-hybridized carbons (Fsp3) is 0.778. The number of aliphatic imine (C=N–C) groups is 1. The van der Waals surface area contributed by atoms with E-state index in [4.69, 9.17) is 18.0 Å². The average Bonchev–Trinajstić information content (AvgIpc) is 2.05. The third kappa shape index (κ3) is 3.81. The molecule has 0 aromatic heterocycles. The van der Waals surface area contributed by atoms with Gasteiger partial charge in [-0.25, -0.2) is 0 Å². The Bertz CT molecular complexity index is 171. The second-order valence-corrected chi connectivity index (χ2v) is 3.82. The molecule has 1 fully saturated rings. The monoisotopic (exact) mass is 184 g/mol. The van der Waals surface area contributed by atoms with Crippen LogP contribution in [0.1, 0.15) is 38.5 Å². The largest absolute Gasteiger partial charge is 0.393 e. The van der Waals surface area contributed by atoms with Crippen LogP contribution >= 0.6 is 12.2 Å². The first-order valence-corrected chi connectivity index (χ1v) is 5.00. The summed E-state index contributed by atoms with van der Waals surface area (Å²) in [5.41, 5.74) is 5.35. The van der Waals surface area contributed by atoms with Crippen molar-refractivity contribution < 1.29 is 0 Å². The Morgan fingerprint density at radius 3 is 2.67 bits per heavy atom. The molecule has 12 heavy (non-hydrogen) atoms. The lowest BCUT2D eigenvalue weighted by atomic mass is 9.96. The summed E-state index contributed by atoms with van der Waals surface area (Å²) in [6.07, 6.45) is 9.05. The summed E-state index contributed by atoms with van der Waals surface area (Å²) in [5, 5.41) is 0. The van der Waals surface area contributed by atoms with E-state index >= 15 is 0 Å². The predicted molar refractivity (Wildman–Crippen MR) is 56.8 cm³/mol. The van der Waals surface area contributed by atoms with Crippen LogP contribution < -0.4 is 5.73 Å². The molecule has 0 spiro atoms. The van der Waals surface area contributed by atoms with Crippen molar-refractivity contribution in [2.75, 3.05) is 0 Å². The van der Waals surface area contributed by atoms with Crippen molar-refractivity contribution in [2.45, 2.75) is 44.6 Å². The van der Waals surface area contributed by atoms with Gasteiger partial charge in [0.2, 0.25) is 0 Å². The molecule has 0 bridgehead atoms. The summed E-state index contributed by atoms with van der Waals surface area (Å²) >= 11 is 4.75. The molecule has 0 aliphatic heterocycles. The highest BCUT2D eigenvalue weighted by atomic mass is 32.1. The third-order valence-electron chi connectivity index (χ3n) is 2.18. The standard InChI is InChI=1S/C9H16N2S/c10-9(12)6-7-11-8-4-2-1-3-5-8/h7-8H,1-6H2,(H2,10,12). The molecular weight excluding hydrogens is 168 g/mol. The molecular formula is C9H16N2S. The molecule has 2 N–H and O–H groups in total. The van der Waals surface area contributed by atoms with Gasteiger partial charge in [-0.2, -0.15) is 0 Å². The summed E-state index contributed by atoms with van der Waals surface area (Å²) in [4.78, 5) is 4.97. The zero-order chi connectivity index (χ0) is 8.81. The first-order chi connectivity index (χ1) is 5.79. The van der Waals surface area contributed by atoms with Crippen LogP contribution in [0.15, 0.2) is 4.99 Å².